The number of benzene rings is 1. The zero-order valence-electron chi connectivity index (χ0n) is 12.5. The van der Waals surface area contributed by atoms with Gasteiger partial charge in [0.1, 0.15) is 28.7 Å². The quantitative estimate of drug-likeness (QED) is 0.444. The number of nitrogens with zero attached hydrogens (tertiary/aromatic N) is 5. The number of aromatic nitrogens is 4. The first-order chi connectivity index (χ1) is 11.1. The van der Waals surface area contributed by atoms with Crippen LogP contribution in [-0.4, -0.2) is 30.1 Å². The van der Waals surface area contributed by atoms with Gasteiger partial charge in [0.2, 0.25) is 0 Å². The summed E-state index contributed by atoms with van der Waals surface area (Å²) in [7, 11) is 1.83. The Kier molecular flexibility index (Phi) is 4.32. The van der Waals surface area contributed by atoms with E-state index in [1.54, 1.807) is 10.9 Å². The first-order valence-corrected chi connectivity index (χ1v) is 8.49. The summed E-state index contributed by atoms with van der Waals surface area (Å²) in [6, 6.07) is 9.73. The molecule has 0 fully saturated rings. The van der Waals surface area contributed by atoms with Crippen molar-refractivity contribution < 1.29 is 5.11 Å². The predicted molar refractivity (Wildman–Crippen MR) is 91.1 cm³/mol. The number of thioether (sulfide) groups is 1. The SMILES string of the molecule is CC(Sc1nncn1C)/C(O)=C(\C#N)c1nc2ccccc2s1. The fourth-order valence-electron chi connectivity index (χ4n) is 1.99. The Morgan fingerprint density at radius 3 is 2.87 bits per heavy atom. The second-order valence-electron chi connectivity index (χ2n) is 4.84. The van der Waals surface area contributed by atoms with Gasteiger partial charge in [0.05, 0.1) is 15.5 Å². The lowest BCUT2D eigenvalue weighted by molar-refractivity contribution is 0.402. The molecule has 8 heteroatoms. The number of aliphatic hydroxyl groups excluding tert-OH is 1. The number of hydrogen-bond donors (Lipinski definition) is 1. The minimum absolute atomic E-state index is 0.000411. The van der Waals surface area contributed by atoms with E-state index in [1.165, 1.54) is 23.1 Å². The van der Waals surface area contributed by atoms with Gasteiger partial charge >= 0.3 is 0 Å². The third-order valence-electron chi connectivity index (χ3n) is 3.21. The van der Waals surface area contributed by atoms with Crippen LogP contribution in [0.15, 0.2) is 41.5 Å². The van der Waals surface area contributed by atoms with Crippen LogP contribution in [0.4, 0.5) is 0 Å². The van der Waals surface area contributed by atoms with E-state index >= 15 is 0 Å². The van der Waals surface area contributed by atoms with Crippen LogP contribution in [-0.2, 0) is 7.05 Å². The highest BCUT2D eigenvalue weighted by Crippen LogP contribution is 2.32. The molecule has 0 aliphatic carbocycles. The number of allylic oxidation sites excluding steroid dienone is 1. The topological polar surface area (TPSA) is 87.6 Å². The van der Waals surface area contributed by atoms with E-state index in [0.29, 0.717) is 10.2 Å². The Morgan fingerprint density at radius 1 is 1.43 bits per heavy atom. The highest BCUT2D eigenvalue weighted by atomic mass is 32.2. The van der Waals surface area contributed by atoms with Crippen molar-refractivity contribution in [2.45, 2.75) is 17.3 Å². The summed E-state index contributed by atoms with van der Waals surface area (Å²) in [5.41, 5.74) is 1.02. The number of thiazole rings is 1. The van der Waals surface area contributed by atoms with E-state index < -0.39 is 0 Å². The molecule has 23 heavy (non-hydrogen) atoms. The van der Waals surface area contributed by atoms with Crippen LogP contribution in [0.2, 0.25) is 0 Å². The third-order valence-corrected chi connectivity index (χ3v) is 5.42. The molecule has 0 aliphatic heterocycles. The smallest absolute Gasteiger partial charge is 0.191 e. The van der Waals surface area contributed by atoms with Crippen molar-refractivity contribution in [3.8, 4) is 6.07 Å². The average molecular weight is 343 g/mol. The summed E-state index contributed by atoms with van der Waals surface area (Å²) < 4.78 is 2.75. The molecule has 0 spiro atoms. The molecular formula is C15H13N5OS2. The molecule has 2 aromatic heterocycles. The normalized spacial score (nSPS) is 13.6. The minimum Gasteiger partial charge on any atom is -0.510 e. The van der Waals surface area contributed by atoms with Crippen LogP contribution < -0.4 is 0 Å². The van der Waals surface area contributed by atoms with Crippen LogP contribution in [0, 0.1) is 11.3 Å². The van der Waals surface area contributed by atoms with Crippen molar-refractivity contribution in [1.82, 2.24) is 19.7 Å². The molecule has 1 atom stereocenters. The highest BCUT2D eigenvalue weighted by Gasteiger charge is 2.20. The van der Waals surface area contributed by atoms with Gasteiger partial charge in [-0.15, -0.1) is 21.5 Å². The fourth-order valence-corrected chi connectivity index (χ4v) is 3.81. The van der Waals surface area contributed by atoms with E-state index in [1.807, 2.05) is 38.2 Å². The molecule has 1 unspecified atom stereocenters. The zero-order chi connectivity index (χ0) is 16.4. The number of aliphatic hydroxyl groups is 1. The van der Waals surface area contributed by atoms with Crippen molar-refractivity contribution in [2.75, 3.05) is 0 Å². The number of fused-ring (bicyclic) bond motifs is 1. The largest absolute Gasteiger partial charge is 0.510 e. The molecule has 1 aromatic carbocycles. The number of nitriles is 1. The predicted octanol–water partition coefficient (Wildman–Crippen LogP) is 3.40. The second-order valence-corrected chi connectivity index (χ2v) is 7.18. The lowest BCUT2D eigenvalue weighted by Gasteiger charge is -2.10. The second kappa shape index (κ2) is 6.40. The number of aryl methyl sites for hydroxylation is 1. The van der Waals surface area contributed by atoms with Crippen LogP contribution in [0.5, 0.6) is 0 Å². The molecule has 0 radical (unpaired) electrons. The molecule has 2 heterocycles. The van der Waals surface area contributed by atoms with Crippen LogP contribution in [0.3, 0.4) is 0 Å². The molecule has 6 nitrogen and oxygen atoms in total. The summed E-state index contributed by atoms with van der Waals surface area (Å²) in [5.74, 6) is -0.000411. The van der Waals surface area contributed by atoms with Crippen LogP contribution in [0.25, 0.3) is 15.8 Å². The van der Waals surface area contributed by atoms with Gasteiger partial charge in [-0.2, -0.15) is 5.26 Å². The summed E-state index contributed by atoms with van der Waals surface area (Å²) in [6.45, 7) is 1.82. The third kappa shape index (κ3) is 3.06. The van der Waals surface area contributed by atoms with Gasteiger partial charge in [-0.05, 0) is 19.1 Å². The highest BCUT2D eigenvalue weighted by molar-refractivity contribution is 7.99. The number of hydrogen-bond acceptors (Lipinski definition) is 7. The zero-order valence-corrected chi connectivity index (χ0v) is 14.1. The summed E-state index contributed by atoms with van der Waals surface area (Å²) in [6.07, 6.45) is 1.59. The average Bonchev–Trinajstić information content (AvgIpc) is 3.14. The summed E-state index contributed by atoms with van der Waals surface area (Å²) >= 11 is 2.73. The molecule has 0 bridgehead atoms. The lowest BCUT2D eigenvalue weighted by Crippen LogP contribution is -2.05. The Morgan fingerprint density at radius 2 is 2.22 bits per heavy atom. The van der Waals surface area contributed by atoms with E-state index in [-0.39, 0.29) is 16.6 Å². The molecule has 0 amide bonds. The van der Waals surface area contributed by atoms with Crippen LogP contribution in [0.1, 0.15) is 11.9 Å². The Hall–Kier alpha value is -2.37. The van der Waals surface area contributed by atoms with Crippen molar-refractivity contribution in [2.24, 2.45) is 7.05 Å². The maximum atomic E-state index is 10.5. The molecule has 0 saturated carbocycles. The molecule has 3 aromatic rings. The van der Waals surface area contributed by atoms with E-state index in [2.05, 4.69) is 21.3 Å². The number of para-hydroxylation sites is 1. The lowest BCUT2D eigenvalue weighted by atomic mass is 10.2. The van der Waals surface area contributed by atoms with Gasteiger partial charge in [0.15, 0.2) is 5.16 Å². The molecule has 0 aliphatic rings. The Labute approximate surface area is 141 Å². The van der Waals surface area contributed by atoms with E-state index in [0.717, 1.165) is 10.2 Å². The van der Waals surface area contributed by atoms with E-state index in [9.17, 15) is 10.4 Å². The first kappa shape index (κ1) is 15.5. The molecule has 0 saturated heterocycles. The fraction of sp³-hybridized carbons (Fsp3) is 0.200. The molecule has 116 valence electrons. The van der Waals surface area contributed by atoms with Gasteiger partial charge in [0.25, 0.3) is 0 Å². The summed E-state index contributed by atoms with van der Waals surface area (Å²) in [5, 5.41) is 28.6. The Bertz CT molecular complexity index is 888. The number of rotatable bonds is 4. The molecule has 3 rings (SSSR count). The van der Waals surface area contributed by atoms with Gasteiger partial charge in [-0.25, -0.2) is 4.98 Å². The minimum atomic E-state index is -0.334. The van der Waals surface area contributed by atoms with Crippen molar-refractivity contribution in [1.29, 1.82) is 5.26 Å². The van der Waals surface area contributed by atoms with Crippen molar-refractivity contribution >= 4 is 38.9 Å². The van der Waals surface area contributed by atoms with Crippen molar-refractivity contribution in [3.63, 3.8) is 0 Å². The van der Waals surface area contributed by atoms with E-state index in [4.69, 9.17) is 0 Å². The van der Waals surface area contributed by atoms with Crippen LogP contribution >= 0.6 is 23.1 Å². The van der Waals surface area contributed by atoms with Gasteiger partial charge < -0.3 is 9.67 Å². The first-order valence-electron chi connectivity index (χ1n) is 6.80. The standard InChI is InChI=1S/C15H13N5OS2/c1-9(22-15-19-17-8-20(15)2)13(21)10(7-16)14-18-11-5-3-4-6-12(11)23-14/h3-6,8-9,21H,1-2H3/b13-10-. The van der Waals surface area contributed by atoms with Gasteiger partial charge in [-0.1, -0.05) is 23.9 Å². The molecular weight excluding hydrogens is 330 g/mol. The summed E-state index contributed by atoms with van der Waals surface area (Å²) in [4.78, 5) is 4.44. The maximum Gasteiger partial charge on any atom is 0.191 e. The van der Waals surface area contributed by atoms with Gasteiger partial charge in [-0.3, -0.25) is 0 Å². The van der Waals surface area contributed by atoms with Gasteiger partial charge in [0, 0.05) is 7.05 Å². The monoisotopic (exact) mass is 343 g/mol. The maximum absolute atomic E-state index is 10.5. The Balaban J connectivity index is 1.95. The van der Waals surface area contributed by atoms with Crippen molar-refractivity contribution in [3.05, 3.63) is 41.4 Å². The molecule has 1 N–H and O–H groups in total.